The summed E-state index contributed by atoms with van der Waals surface area (Å²) in [5, 5.41) is 2.67. The molecule has 2 aromatic carbocycles. The quantitative estimate of drug-likeness (QED) is 0.775. The van der Waals surface area contributed by atoms with E-state index in [4.69, 9.17) is 0 Å². The van der Waals surface area contributed by atoms with Gasteiger partial charge in [-0.1, -0.05) is 6.92 Å². The van der Waals surface area contributed by atoms with Crippen molar-refractivity contribution in [2.24, 2.45) is 5.92 Å². The molecule has 0 saturated carbocycles. The lowest BCUT2D eigenvalue weighted by Gasteiger charge is -2.32. The fraction of sp³-hybridized carbons (Fsp3) is 0.350. The molecule has 1 saturated heterocycles. The van der Waals surface area contributed by atoms with Crippen molar-refractivity contribution in [1.29, 1.82) is 0 Å². The number of rotatable bonds is 6. The number of benzene rings is 2. The van der Waals surface area contributed by atoms with Gasteiger partial charge in [0.1, 0.15) is 5.82 Å². The summed E-state index contributed by atoms with van der Waals surface area (Å²) in [7, 11) is -3.87. The smallest absolute Gasteiger partial charge is 0.241 e. The molecule has 2 aromatic rings. The minimum Gasteiger partial charge on any atom is -0.372 e. The largest absolute Gasteiger partial charge is 0.372 e. The number of hydrogen-bond acceptors (Lipinski definition) is 4. The monoisotopic (exact) mass is 405 g/mol. The Kier molecular flexibility index (Phi) is 6.31. The van der Waals surface area contributed by atoms with Crippen molar-refractivity contribution in [3.63, 3.8) is 0 Å². The van der Waals surface area contributed by atoms with Gasteiger partial charge in [0.25, 0.3) is 0 Å². The lowest BCUT2D eigenvalue weighted by Crippen LogP contribution is -2.33. The van der Waals surface area contributed by atoms with E-state index in [0.29, 0.717) is 5.69 Å². The van der Waals surface area contributed by atoms with E-state index in [2.05, 4.69) is 21.9 Å². The van der Waals surface area contributed by atoms with E-state index in [9.17, 15) is 17.6 Å². The third kappa shape index (κ3) is 5.30. The predicted molar refractivity (Wildman–Crippen MR) is 107 cm³/mol. The second-order valence-corrected chi connectivity index (χ2v) is 8.81. The van der Waals surface area contributed by atoms with Crippen molar-refractivity contribution in [2.75, 3.05) is 29.9 Å². The molecule has 28 heavy (non-hydrogen) atoms. The lowest BCUT2D eigenvalue weighted by atomic mass is 9.99. The molecular weight excluding hydrogens is 381 g/mol. The first-order valence-electron chi connectivity index (χ1n) is 9.23. The molecule has 6 nitrogen and oxygen atoms in total. The Bertz CT molecular complexity index is 907. The Morgan fingerprint density at radius 2 is 1.68 bits per heavy atom. The first-order chi connectivity index (χ1) is 13.3. The van der Waals surface area contributed by atoms with Crippen LogP contribution in [0.5, 0.6) is 0 Å². The van der Waals surface area contributed by atoms with E-state index in [1.54, 1.807) is 12.1 Å². The number of sulfonamides is 1. The van der Waals surface area contributed by atoms with Crippen LogP contribution in [0.15, 0.2) is 53.4 Å². The Morgan fingerprint density at radius 3 is 2.29 bits per heavy atom. The Morgan fingerprint density at radius 1 is 1.07 bits per heavy atom. The number of anilines is 2. The summed E-state index contributed by atoms with van der Waals surface area (Å²) in [4.78, 5) is 14.3. The molecule has 0 aromatic heterocycles. The maximum absolute atomic E-state index is 12.9. The number of nitrogens with zero attached hydrogens (tertiary/aromatic N) is 1. The van der Waals surface area contributed by atoms with Crippen molar-refractivity contribution in [3.05, 3.63) is 54.3 Å². The number of piperidine rings is 1. The Labute approximate surface area is 164 Å². The van der Waals surface area contributed by atoms with Gasteiger partial charge < -0.3 is 10.2 Å². The molecule has 2 N–H and O–H groups in total. The van der Waals surface area contributed by atoms with Gasteiger partial charge in [0, 0.05) is 24.5 Å². The highest BCUT2D eigenvalue weighted by Crippen LogP contribution is 2.24. The maximum Gasteiger partial charge on any atom is 0.241 e. The van der Waals surface area contributed by atoms with Crippen molar-refractivity contribution in [2.45, 2.75) is 24.7 Å². The molecule has 1 aliphatic heterocycles. The lowest BCUT2D eigenvalue weighted by molar-refractivity contribution is -0.115. The van der Waals surface area contributed by atoms with Crippen LogP contribution in [0.3, 0.4) is 0 Å². The molecule has 1 heterocycles. The number of nitrogens with one attached hydrogen (secondary N) is 2. The fourth-order valence-corrected chi connectivity index (χ4v) is 4.07. The van der Waals surface area contributed by atoms with Gasteiger partial charge in [0.2, 0.25) is 15.9 Å². The van der Waals surface area contributed by atoms with Crippen LogP contribution >= 0.6 is 0 Å². The molecule has 150 valence electrons. The standard InChI is InChI=1S/C20H24FN3O3S/c1-15-10-12-24(13-11-15)18-6-4-17(5-7-18)23-20(25)14-22-28(26,27)19-8-2-16(21)3-9-19/h2-9,15,22H,10-14H2,1H3,(H,23,25). The number of carbonyl (C=O) groups is 1. The fourth-order valence-electron chi connectivity index (χ4n) is 3.09. The van der Waals surface area contributed by atoms with Gasteiger partial charge in [0.15, 0.2) is 0 Å². The van der Waals surface area contributed by atoms with E-state index < -0.39 is 28.3 Å². The highest BCUT2D eigenvalue weighted by molar-refractivity contribution is 7.89. The summed E-state index contributed by atoms with van der Waals surface area (Å²) in [6.07, 6.45) is 2.35. The maximum atomic E-state index is 12.9. The molecule has 0 spiro atoms. The molecule has 0 aliphatic carbocycles. The highest BCUT2D eigenvalue weighted by Gasteiger charge is 2.17. The second kappa shape index (κ2) is 8.70. The van der Waals surface area contributed by atoms with Gasteiger partial charge in [0.05, 0.1) is 11.4 Å². The summed E-state index contributed by atoms with van der Waals surface area (Å²) in [5.74, 6) is -0.252. The van der Waals surface area contributed by atoms with Crippen LogP contribution in [0, 0.1) is 11.7 Å². The number of carbonyl (C=O) groups excluding carboxylic acids is 1. The van der Waals surface area contributed by atoms with Crippen LogP contribution < -0.4 is 14.9 Å². The average Bonchev–Trinajstić information content (AvgIpc) is 2.68. The van der Waals surface area contributed by atoms with Crippen LogP contribution in [0.2, 0.25) is 0 Å². The zero-order valence-corrected chi connectivity index (χ0v) is 16.5. The number of amides is 1. The molecule has 8 heteroatoms. The third-order valence-electron chi connectivity index (χ3n) is 4.85. The molecule has 1 aliphatic rings. The minimum atomic E-state index is -3.87. The van der Waals surface area contributed by atoms with Crippen LogP contribution in [-0.2, 0) is 14.8 Å². The van der Waals surface area contributed by atoms with Gasteiger partial charge in [-0.3, -0.25) is 4.79 Å². The van der Waals surface area contributed by atoms with E-state index in [-0.39, 0.29) is 4.90 Å². The predicted octanol–water partition coefficient (Wildman–Crippen LogP) is 2.98. The molecule has 0 bridgehead atoms. The summed E-state index contributed by atoms with van der Waals surface area (Å²) in [6.45, 7) is 3.90. The van der Waals surface area contributed by atoms with Crippen LogP contribution in [0.25, 0.3) is 0 Å². The van der Waals surface area contributed by atoms with E-state index in [1.807, 2.05) is 12.1 Å². The van der Waals surface area contributed by atoms with Crippen molar-refractivity contribution in [1.82, 2.24) is 4.72 Å². The normalized spacial score (nSPS) is 15.4. The second-order valence-electron chi connectivity index (χ2n) is 7.04. The zero-order valence-electron chi connectivity index (χ0n) is 15.7. The molecule has 1 amide bonds. The summed E-state index contributed by atoms with van der Waals surface area (Å²) in [5.41, 5.74) is 1.71. The molecule has 1 fully saturated rings. The summed E-state index contributed by atoms with van der Waals surface area (Å²) >= 11 is 0. The molecule has 3 rings (SSSR count). The van der Waals surface area contributed by atoms with Gasteiger partial charge in [-0.25, -0.2) is 17.5 Å². The molecule has 0 unspecified atom stereocenters. The van der Waals surface area contributed by atoms with Gasteiger partial charge in [-0.15, -0.1) is 0 Å². The average molecular weight is 405 g/mol. The minimum absolute atomic E-state index is 0.0955. The third-order valence-corrected chi connectivity index (χ3v) is 6.26. The van der Waals surface area contributed by atoms with Crippen LogP contribution in [-0.4, -0.2) is 34.0 Å². The SMILES string of the molecule is CC1CCN(c2ccc(NC(=O)CNS(=O)(=O)c3ccc(F)cc3)cc2)CC1. The van der Waals surface area contributed by atoms with Gasteiger partial charge in [-0.05, 0) is 67.3 Å². The topological polar surface area (TPSA) is 78.5 Å². The van der Waals surface area contributed by atoms with Gasteiger partial charge >= 0.3 is 0 Å². The Hall–Kier alpha value is -2.45. The summed E-state index contributed by atoms with van der Waals surface area (Å²) in [6, 6.07) is 11.9. The number of hydrogen-bond donors (Lipinski definition) is 2. The van der Waals surface area contributed by atoms with Crippen LogP contribution in [0.4, 0.5) is 15.8 Å². The molecule has 0 atom stereocenters. The number of halogens is 1. The first kappa shape index (κ1) is 20.3. The van der Waals surface area contributed by atoms with E-state index in [0.717, 1.165) is 49.0 Å². The molecule has 0 radical (unpaired) electrons. The molecular formula is C20H24FN3O3S. The van der Waals surface area contributed by atoms with Crippen molar-refractivity contribution in [3.8, 4) is 0 Å². The highest BCUT2D eigenvalue weighted by atomic mass is 32.2. The zero-order chi connectivity index (χ0) is 20.1. The van der Waals surface area contributed by atoms with Crippen molar-refractivity contribution < 1.29 is 17.6 Å². The van der Waals surface area contributed by atoms with Crippen LogP contribution in [0.1, 0.15) is 19.8 Å². The first-order valence-corrected chi connectivity index (χ1v) is 10.7. The Balaban J connectivity index is 1.52. The van der Waals surface area contributed by atoms with Crippen molar-refractivity contribution >= 4 is 27.3 Å². The summed E-state index contributed by atoms with van der Waals surface area (Å²) < 4.78 is 39.4. The van der Waals surface area contributed by atoms with E-state index >= 15 is 0 Å². The van der Waals surface area contributed by atoms with E-state index in [1.165, 1.54) is 12.8 Å². The van der Waals surface area contributed by atoms with Gasteiger partial charge in [-0.2, -0.15) is 0 Å².